The van der Waals surface area contributed by atoms with Crippen LogP contribution < -0.4 is 5.32 Å². The fraction of sp³-hybridized carbons (Fsp3) is 0.154. The highest BCUT2D eigenvalue weighted by Crippen LogP contribution is 2.22. The van der Waals surface area contributed by atoms with Crippen LogP contribution in [0.15, 0.2) is 36.8 Å². The molecule has 0 aliphatic rings. The minimum atomic E-state index is 0.792. The molecule has 0 spiro atoms. The van der Waals surface area contributed by atoms with Crippen LogP contribution in [-0.2, 0) is 0 Å². The fourth-order valence-corrected chi connectivity index (χ4v) is 2.02. The Bertz CT molecular complexity index is 701. The molecule has 18 heavy (non-hydrogen) atoms. The standard InChI is InChI=1S/C13H13N5/c1-9-5-3-4-6-11(9)18-13-10(7-17-18)12(14-2)15-8-16-13/h3-8H,1-2H3,(H,14,15,16). The van der Waals surface area contributed by atoms with Crippen molar-refractivity contribution in [3.8, 4) is 5.69 Å². The van der Waals surface area contributed by atoms with E-state index in [0.717, 1.165) is 28.1 Å². The van der Waals surface area contributed by atoms with Crippen LogP contribution in [0, 0.1) is 6.92 Å². The smallest absolute Gasteiger partial charge is 0.168 e. The second-order valence-electron chi connectivity index (χ2n) is 4.05. The largest absolute Gasteiger partial charge is 0.372 e. The number of hydrogen-bond donors (Lipinski definition) is 1. The third-order valence-corrected chi connectivity index (χ3v) is 2.95. The maximum Gasteiger partial charge on any atom is 0.168 e. The van der Waals surface area contributed by atoms with Gasteiger partial charge >= 0.3 is 0 Å². The van der Waals surface area contributed by atoms with Crippen molar-refractivity contribution in [1.82, 2.24) is 19.7 Å². The number of para-hydroxylation sites is 1. The summed E-state index contributed by atoms with van der Waals surface area (Å²) in [6, 6.07) is 8.10. The molecule has 0 bridgehead atoms. The highest BCUT2D eigenvalue weighted by molar-refractivity contribution is 5.87. The van der Waals surface area contributed by atoms with E-state index in [4.69, 9.17) is 0 Å². The Labute approximate surface area is 104 Å². The van der Waals surface area contributed by atoms with E-state index in [1.165, 1.54) is 0 Å². The van der Waals surface area contributed by atoms with Crippen LogP contribution >= 0.6 is 0 Å². The van der Waals surface area contributed by atoms with Crippen molar-refractivity contribution in [3.63, 3.8) is 0 Å². The average Bonchev–Trinajstić information content (AvgIpc) is 2.83. The summed E-state index contributed by atoms with van der Waals surface area (Å²) in [5.74, 6) is 0.792. The van der Waals surface area contributed by atoms with Gasteiger partial charge in [0.05, 0.1) is 17.3 Å². The van der Waals surface area contributed by atoms with Gasteiger partial charge in [0.2, 0.25) is 0 Å². The monoisotopic (exact) mass is 239 g/mol. The second kappa shape index (κ2) is 4.10. The summed E-state index contributed by atoms with van der Waals surface area (Å²) in [6.07, 6.45) is 3.33. The summed E-state index contributed by atoms with van der Waals surface area (Å²) in [6.45, 7) is 2.06. The van der Waals surface area contributed by atoms with Crippen LogP contribution in [0.5, 0.6) is 0 Å². The van der Waals surface area contributed by atoms with E-state index in [9.17, 15) is 0 Å². The van der Waals surface area contributed by atoms with Gasteiger partial charge in [-0.05, 0) is 18.6 Å². The van der Waals surface area contributed by atoms with Crippen molar-refractivity contribution in [2.24, 2.45) is 0 Å². The van der Waals surface area contributed by atoms with E-state index in [0.29, 0.717) is 0 Å². The number of aromatic nitrogens is 4. The molecule has 5 nitrogen and oxygen atoms in total. The van der Waals surface area contributed by atoms with E-state index in [2.05, 4.69) is 33.4 Å². The third-order valence-electron chi connectivity index (χ3n) is 2.95. The molecule has 3 rings (SSSR count). The normalized spacial score (nSPS) is 10.8. The molecule has 0 atom stereocenters. The van der Waals surface area contributed by atoms with Gasteiger partial charge in [-0.15, -0.1) is 0 Å². The number of fused-ring (bicyclic) bond motifs is 1. The zero-order valence-electron chi connectivity index (χ0n) is 10.3. The Morgan fingerprint density at radius 1 is 1.17 bits per heavy atom. The lowest BCUT2D eigenvalue weighted by Gasteiger charge is -2.06. The minimum Gasteiger partial charge on any atom is -0.372 e. The first kappa shape index (κ1) is 10.7. The maximum absolute atomic E-state index is 4.41. The molecule has 2 aromatic heterocycles. The second-order valence-corrected chi connectivity index (χ2v) is 4.05. The lowest BCUT2D eigenvalue weighted by atomic mass is 10.2. The zero-order chi connectivity index (χ0) is 12.5. The van der Waals surface area contributed by atoms with Crippen LogP contribution in [0.1, 0.15) is 5.56 Å². The Hall–Kier alpha value is -2.43. The van der Waals surface area contributed by atoms with Gasteiger partial charge in [0.1, 0.15) is 12.1 Å². The quantitative estimate of drug-likeness (QED) is 0.744. The average molecular weight is 239 g/mol. The number of hydrogen-bond acceptors (Lipinski definition) is 4. The molecule has 0 unspecified atom stereocenters. The van der Waals surface area contributed by atoms with Crippen molar-refractivity contribution in [1.29, 1.82) is 0 Å². The van der Waals surface area contributed by atoms with Gasteiger partial charge in [0.15, 0.2) is 5.65 Å². The number of anilines is 1. The van der Waals surface area contributed by atoms with Crippen molar-refractivity contribution in [3.05, 3.63) is 42.4 Å². The molecule has 0 saturated heterocycles. The summed E-state index contributed by atoms with van der Waals surface area (Å²) in [4.78, 5) is 8.50. The molecule has 0 radical (unpaired) electrons. The van der Waals surface area contributed by atoms with Gasteiger partial charge < -0.3 is 5.32 Å². The van der Waals surface area contributed by atoms with E-state index in [1.807, 2.05) is 29.9 Å². The summed E-state index contributed by atoms with van der Waals surface area (Å²) in [7, 11) is 1.84. The number of aryl methyl sites for hydroxylation is 1. The zero-order valence-corrected chi connectivity index (χ0v) is 10.3. The van der Waals surface area contributed by atoms with E-state index in [1.54, 1.807) is 12.5 Å². The Morgan fingerprint density at radius 2 is 2.00 bits per heavy atom. The summed E-state index contributed by atoms with van der Waals surface area (Å²) in [5, 5.41) is 8.37. The van der Waals surface area contributed by atoms with Gasteiger partial charge in [0, 0.05) is 7.05 Å². The van der Waals surface area contributed by atoms with E-state index < -0.39 is 0 Å². The van der Waals surface area contributed by atoms with Crippen molar-refractivity contribution in [2.75, 3.05) is 12.4 Å². The SMILES string of the molecule is CNc1ncnc2c1cnn2-c1ccccc1C. The minimum absolute atomic E-state index is 0.792. The first-order chi connectivity index (χ1) is 8.81. The molecule has 0 aliphatic carbocycles. The molecule has 1 aromatic carbocycles. The molecular weight excluding hydrogens is 226 g/mol. The molecule has 0 aliphatic heterocycles. The number of nitrogens with zero attached hydrogens (tertiary/aromatic N) is 4. The molecule has 0 fully saturated rings. The van der Waals surface area contributed by atoms with Crippen LogP contribution in [0.3, 0.4) is 0 Å². The van der Waals surface area contributed by atoms with Gasteiger partial charge in [0.25, 0.3) is 0 Å². The third kappa shape index (κ3) is 1.52. The van der Waals surface area contributed by atoms with Crippen molar-refractivity contribution < 1.29 is 0 Å². The molecule has 90 valence electrons. The molecule has 2 heterocycles. The van der Waals surface area contributed by atoms with Crippen molar-refractivity contribution >= 4 is 16.9 Å². The fourth-order valence-electron chi connectivity index (χ4n) is 2.02. The first-order valence-electron chi connectivity index (χ1n) is 5.74. The number of nitrogens with one attached hydrogen (secondary N) is 1. The Kier molecular flexibility index (Phi) is 2.44. The van der Waals surface area contributed by atoms with E-state index in [-0.39, 0.29) is 0 Å². The molecule has 3 aromatic rings. The topological polar surface area (TPSA) is 55.6 Å². The lowest BCUT2D eigenvalue weighted by molar-refractivity contribution is 0.887. The Morgan fingerprint density at radius 3 is 2.78 bits per heavy atom. The predicted molar refractivity (Wildman–Crippen MR) is 70.9 cm³/mol. The van der Waals surface area contributed by atoms with Crippen LogP contribution in [0.4, 0.5) is 5.82 Å². The molecule has 1 N–H and O–H groups in total. The van der Waals surface area contributed by atoms with Gasteiger partial charge in [-0.1, -0.05) is 18.2 Å². The van der Waals surface area contributed by atoms with E-state index >= 15 is 0 Å². The maximum atomic E-state index is 4.41. The summed E-state index contributed by atoms with van der Waals surface area (Å²) < 4.78 is 1.84. The lowest BCUT2D eigenvalue weighted by Crippen LogP contribution is -2.00. The van der Waals surface area contributed by atoms with Gasteiger partial charge in [-0.3, -0.25) is 0 Å². The number of rotatable bonds is 2. The van der Waals surface area contributed by atoms with Gasteiger partial charge in [-0.2, -0.15) is 5.10 Å². The van der Waals surface area contributed by atoms with Crippen LogP contribution in [0.2, 0.25) is 0 Å². The highest BCUT2D eigenvalue weighted by Gasteiger charge is 2.10. The molecular formula is C13H13N5. The Balaban J connectivity index is 2.29. The van der Waals surface area contributed by atoms with Crippen molar-refractivity contribution in [2.45, 2.75) is 6.92 Å². The number of benzene rings is 1. The van der Waals surface area contributed by atoms with Crippen LogP contribution in [0.25, 0.3) is 16.7 Å². The summed E-state index contributed by atoms with van der Waals surface area (Å²) in [5.41, 5.74) is 3.00. The van der Waals surface area contributed by atoms with Gasteiger partial charge in [-0.25, -0.2) is 14.6 Å². The highest BCUT2D eigenvalue weighted by atomic mass is 15.3. The predicted octanol–water partition coefficient (Wildman–Crippen LogP) is 2.17. The summed E-state index contributed by atoms with van der Waals surface area (Å²) >= 11 is 0. The molecule has 5 heteroatoms. The first-order valence-corrected chi connectivity index (χ1v) is 5.74. The molecule has 0 amide bonds. The van der Waals surface area contributed by atoms with Crippen LogP contribution in [-0.4, -0.2) is 26.8 Å². The molecule has 0 saturated carbocycles.